The molecule has 10 heteroatoms. The summed E-state index contributed by atoms with van der Waals surface area (Å²) in [6, 6.07) is 6.78. The Kier molecular flexibility index (Phi) is 5.71. The highest BCUT2D eigenvalue weighted by Crippen LogP contribution is 2.38. The fraction of sp³-hybridized carbons (Fsp3) is 0.458. The molecule has 34 heavy (non-hydrogen) atoms. The quantitative estimate of drug-likeness (QED) is 0.648. The Morgan fingerprint density at radius 1 is 1.21 bits per heavy atom. The molecule has 0 unspecified atom stereocenters. The molecule has 10 nitrogen and oxygen atoms in total. The molecule has 1 aromatic heterocycles. The van der Waals surface area contributed by atoms with Crippen LogP contribution in [0, 0.1) is 12.3 Å². The van der Waals surface area contributed by atoms with Gasteiger partial charge in [0.15, 0.2) is 0 Å². The molecular weight excluding hydrogens is 438 g/mol. The standard InChI is InChI=1S/C24H29N5O5/c1-14-8-18(27-34-14)12-29(21(32)23(2,3)4)13-19(30)25-17-7-6-15-10-24(11-16(15)9-17)20(31)26-22(33)28(24)5/h6-9H,10-13H2,1-5H3,(H,25,30)(H,26,31,33)/t24-/m0/s1. The number of aryl methyl sites for hydroxylation is 1. The van der Waals surface area contributed by atoms with Gasteiger partial charge in [-0.05, 0) is 30.2 Å². The highest BCUT2D eigenvalue weighted by atomic mass is 16.5. The maximum atomic E-state index is 13.0. The molecule has 180 valence electrons. The molecule has 1 aliphatic carbocycles. The average Bonchev–Trinajstić information content (AvgIpc) is 3.39. The highest BCUT2D eigenvalue weighted by Gasteiger charge is 2.54. The Morgan fingerprint density at radius 2 is 1.91 bits per heavy atom. The van der Waals surface area contributed by atoms with Crippen molar-refractivity contribution in [2.45, 2.75) is 52.6 Å². The van der Waals surface area contributed by atoms with E-state index in [0.717, 1.165) is 11.1 Å². The Morgan fingerprint density at radius 3 is 2.50 bits per heavy atom. The molecule has 5 amide bonds. The molecule has 1 fully saturated rings. The summed E-state index contributed by atoms with van der Waals surface area (Å²) in [6.45, 7) is 7.16. The number of hydrogen-bond acceptors (Lipinski definition) is 6. The number of amides is 5. The van der Waals surface area contributed by atoms with E-state index in [1.807, 2.05) is 12.1 Å². The number of carbonyl (C=O) groups excluding carboxylic acids is 4. The fourth-order valence-corrected chi connectivity index (χ4v) is 4.51. The zero-order valence-electron chi connectivity index (χ0n) is 20.0. The van der Waals surface area contributed by atoms with Crippen molar-refractivity contribution in [2.24, 2.45) is 5.41 Å². The molecule has 2 aliphatic rings. The topological polar surface area (TPSA) is 125 Å². The monoisotopic (exact) mass is 467 g/mol. The molecule has 1 saturated heterocycles. The SMILES string of the molecule is Cc1cc(CN(CC(=O)Nc2ccc3c(c2)C[C@@]2(C3)C(=O)NC(=O)N2C)C(=O)C(C)(C)C)no1. The summed E-state index contributed by atoms with van der Waals surface area (Å²) in [5.41, 5.74) is 1.39. The van der Waals surface area contributed by atoms with Gasteiger partial charge in [0, 0.05) is 37.1 Å². The first-order valence-electron chi connectivity index (χ1n) is 11.1. The van der Waals surface area contributed by atoms with E-state index in [9.17, 15) is 19.2 Å². The highest BCUT2D eigenvalue weighted by molar-refractivity contribution is 6.07. The molecule has 1 spiro atoms. The molecule has 4 rings (SSSR count). The molecule has 2 heterocycles. The van der Waals surface area contributed by atoms with Gasteiger partial charge in [0.05, 0.1) is 6.54 Å². The van der Waals surface area contributed by atoms with Crippen molar-refractivity contribution in [3.05, 3.63) is 46.8 Å². The van der Waals surface area contributed by atoms with Crippen molar-refractivity contribution >= 4 is 29.4 Å². The van der Waals surface area contributed by atoms with Crippen LogP contribution in [0.1, 0.15) is 43.4 Å². The van der Waals surface area contributed by atoms with Gasteiger partial charge in [-0.2, -0.15) is 0 Å². The van der Waals surface area contributed by atoms with Crippen molar-refractivity contribution in [1.82, 2.24) is 20.3 Å². The number of imide groups is 1. The minimum absolute atomic E-state index is 0.150. The van der Waals surface area contributed by atoms with Crippen molar-refractivity contribution in [2.75, 3.05) is 18.9 Å². The number of urea groups is 1. The van der Waals surface area contributed by atoms with Gasteiger partial charge >= 0.3 is 6.03 Å². The first-order chi connectivity index (χ1) is 15.9. The number of anilines is 1. The number of benzene rings is 1. The van der Waals surface area contributed by atoms with Crippen molar-refractivity contribution in [3.8, 4) is 0 Å². The van der Waals surface area contributed by atoms with E-state index in [0.29, 0.717) is 30.0 Å². The summed E-state index contributed by atoms with van der Waals surface area (Å²) in [4.78, 5) is 53.2. The predicted molar refractivity (Wildman–Crippen MR) is 123 cm³/mol. The van der Waals surface area contributed by atoms with E-state index >= 15 is 0 Å². The van der Waals surface area contributed by atoms with Crippen LogP contribution in [-0.2, 0) is 33.8 Å². The Hall–Kier alpha value is -3.69. The van der Waals surface area contributed by atoms with Gasteiger partial charge in [-0.15, -0.1) is 0 Å². The fourth-order valence-electron chi connectivity index (χ4n) is 4.51. The van der Waals surface area contributed by atoms with Crippen LogP contribution in [0.5, 0.6) is 0 Å². The van der Waals surface area contributed by atoms with Gasteiger partial charge in [-0.1, -0.05) is 32.0 Å². The number of rotatable bonds is 5. The van der Waals surface area contributed by atoms with Crippen LogP contribution in [0.2, 0.25) is 0 Å². The Balaban J connectivity index is 1.47. The van der Waals surface area contributed by atoms with Gasteiger partial charge in [0.25, 0.3) is 5.91 Å². The molecule has 2 aromatic rings. The third-order valence-electron chi connectivity index (χ3n) is 6.34. The van der Waals surface area contributed by atoms with E-state index in [-0.39, 0.29) is 30.8 Å². The lowest BCUT2D eigenvalue weighted by Crippen LogP contribution is -2.48. The van der Waals surface area contributed by atoms with E-state index < -0.39 is 17.0 Å². The third-order valence-corrected chi connectivity index (χ3v) is 6.34. The van der Waals surface area contributed by atoms with Crippen LogP contribution in [0.15, 0.2) is 28.8 Å². The number of hydrogen-bond donors (Lipinski definition) is 2. The van der Waals surface area contributed by atoms with Crippen molar-refractivity contribution < 1.29 is 23.7 Å². The van der Waals surface area contributed by atoms with Crippen LogP contribution >= 0.6 is 0 Å². The number of fused-ring (bicyclic) bond motifs is 1. The Bertz CT molecular complexity index is 1180. The van der Waals surface area contributed by atoms with Gasteiger partial charge in [0.2, 0.25) is 11.8 Å². The number of nitrogens with zero attached hydrogens (tertiary/aromatic N) is 3. The lowest BCUT2D eigenvalue weighted by atomic mass is 9.94. The summed E-state index contributed by atoms with van der Waals surface area (Å²) in [5.74, 6) is -0.210. The van der Waals surface area contributed by atoms with Crippen LogP contribution in [0.25, 0.3) is 0 Å². The third kappa shape index (κ3) is 4.27. The number of likely N-dealkylation sites (N-methyl/N-ethyl adjacent to an activating group) is 1. The molecular formula is C24H29N5O5. The zero-order chi connectivity index (χ0) is 24.8. The zero-order valence-corrected chi connectivity index (χ0v) is 20.0. The van der Waals surface area contributed by atoms with E-state index in [2.05, 4.69) is 15.8 Å². The second-order valence-corrected chi connectivity index (χ2v) is 10.1. The molecule has 1 aromatic carbocycles. The van der Waals surface area contributed by atoms with E-state index in [1.165, 1.54) is 9.80 Å². The molecule has 0 radical (unpaired) electrons. The summed E-state index contributed by atoms with van der Waals surface area (Å²) >= 11 is 0. The first kappa shape index (κ1) is 23.5. The summed E-state index contributed by atoms with van der Waals surface area (Å²) in [6.07, 6.45) is 0.801. The smallest absolute Gasteiger partial charge is 0.324 e. The van der Waals surface area contributed by atoms with Crippen LogP contribution in [-0.4, -0.2) is 57.8 Å². The van der Waals surface area contributed by atoms with Gasteiger partial charge in [-0.25, -0.2) is 4.79 Å². The number of nitrogens with one attached hydrogen (secondary N) is 2. The maximum absolute atomic E-state index is 13.0. The van der Waals surface area contributed by atoms with Gasteiger partial charge in [-0.3, -0.25) is 19.7 Å². The van der Waals surface area contributed by atoms with E-state index in [4.69, 9.17) is 4.52 Å². The van der Waals surface area contributed by atoms with Crippen LogP contribution in [0.3, 0.4) is 0 Å². The second-order valence-electron chi connectivity index (χ2n) is 10.1. The largest absolute Gasteiger partial charge is 0.361 e. The number of carbonyl (C=O) groups is 4. The summed E-state index contributed by atoms with van der Waals surface area (Å²) in [5, 5.41) is 9.17. The molecule has 0 saturated carbocycles. The van der Waals surface area contributed by atoms with E-state index in [1.54, 1.807) is 46.9 Å². The minimum atomic E-state index is -0.923. The lowest BCUT2D eigenvalue weighted by Gasteiger charge is -2.28. The molecule has 1 atom stereocenters. The first-order valence-corrected chi connectivity index (χ1v) is 11.1. The van der Waals surface area contributed by atoms with Crippen molar-refractivity contribution in [3.63, 3.8) is 0 Å². The average molecular weight is 468 g/mol. The number of aromatic nitrogens is 1. The molecule has 0 bridgehead atoms. The van der Waals surface area contributed by atoms with Crippen LogP contribution < -0.4 is 10.6 Å². The van der Waals surface area contributed by atoms with Gasteiger partial charge in [0.1, 0.15) is 23.5 Å². The summed E-state index contributed by atoms with van der Waals surface area (Å²) in [7, 11) is 1.62. The predicted octanol–water partition coefficient (Wildman–Crippen LogP) is 2.02. The maximum Gasteiger partial charge on any atom is 0.324 e. The van der Waals surface area contributed by atoms with Crippen LogP contribution in [0.4, 0.5) is 10.5 Å². The Labute approximate surface area is 197 Å². The molecule has 1 aliphatic heterocycles. The lowest BCUT2D eigenvalue weighted by molar-refractivity contribution is -0.142. The summed E-state index contributed by atoms with van der Waals surface area (Å²) < 4.78 is 5.09. The van der Waals surface area contributed by atoms with Crippen molar-refractivity contribution in [1.29, 1.82) is 0 Å². The minimum Gasteiger partial charge on any atom is -0.361 e. The second kappa shape index (κ2) is 8.27. The van der Waals surface area contributed by atoms with Gasteiger partial charge < -0.3 is 19.6 Å². The normalized spacial score (nSPS) is 19.4. The molecule has 2 N–H and O–H groups in total.